The normalized spacial score (nSPS) is 17.1. The molecule has 0 radical (unpaired) electrons. The summed E-state index contributed by atoms with van der Waals surface area (Å²) < 4.78 is 2.03. The highest BCUT2D eigenvalue weighted by Gasteiger charge is 2.41. The molecule has 2 amide bonds. The highest BCUT2D eigenvalue weighted by Crippen LogP contribution is 2.35. The first kappa shape index (κ1) is 23.0. The molecule has 33 heavy (non-hydrogen) atoms. The van der Waals surface area contributed by atoms with E-state index < -0.39 is 11.6 Å². The summed E-state index contributed by atoms with van der Waals surface area (Å²) in [7, 11) is 0. The zero-order valence-corrected chi connectivity index (χ0v) is 20.5. The van der Waals surface area contributed by atoms with Crippen LogP contribution in [0.5, 0.6) is 0 Å². The number of rotatable bonds is 4. The Balaban J connectivity index is 1.84. The van der Waals surface area contributed by atoms with Gasteiger partial charge in [0.15, 0.2) is 6.04 Å². The number of carbonyl (C=O) groups excluding carboxylic acids is 2. The zero-order valence-electron chi connectivity index (χ0n) is 20.5. The summed E-state index contributed by atoms with van der Waals surface area (Å²) in [6.45, 7) is 13.1. The number of fused-ring (bicyclic) bond motifs is 3. The van der Waals surface area contributed by atoms with Gasteiger partial charge in [0.1, 0.15) is 5.82 Å². The van der Waals surface area contributed by atoms with Crippen molar-refractivity contribution in [1.29, 1.82) is 0 Å². The number of anilines is 1. The fourth-order valence-electron chi connectivity index (χ4n) is 5.13. The first-order valence-electron chi connectivity index (χ1n) is 11.6. The number of nitrogens with zero attached hydrogens (tertiary/aromatic N) is 3. The van der Waals surface area contributed by atoms with Gasteiger partial charge in [-0.25, -0.2) is 4.98 Å². The Morgan fingerprint density at radius 1 is 1.06 bits per heavy atom. The van der Waals surface area contributed by atoms with Crippen LogP contribution in [0.15, 0.2) is 48.5 Å². The number of aryl methyl sites for hydroxylation is 2. The van der Waals surface area contributed by atoms with Crippen LogP contribution < -0.4 is 10.2 Å². The van der Waals surface area contributed by atoms with Crippen LogP contribution >= 0.6 is 0 Å². The van der Waals surface area contributed by atoms with E-state index in [4.69, 9.17) is 4.98 Å². The van der Waals surface area contributed by atoms with Gasteiger partial charge in [-0.2, -0.15) is 0 Å². The van der Waals surface area contributed by atoms with E-state index >= 15 is 0 Å². The molecule has 1 aliphatic heterocycles. The minimum atomic E-state index is -0.852. The van der Waals surface area contributed by atoms with E-state index in [1.165, 1.54) is 0 Å². The molecule has 174 valence electrons. The molecule has 4 rings (SSSR count). The maximum atomic E-state index is 13.9. The van der Waals surface area contributed by atoms with Gasteiger partial charge in [-0.05, 0) is 56.9 Å². The van der Waals surface area contributed by atoms with Crippen LogP contribution in [-0.2, 0) is 16.1 Å². The smallest absolute Gasteiger partial charge is 0.251 e. The molecular weight excluding hydrogens is 412 g/mol. The standard InChI is InChI=1S/C27H34N4O2/c1-18-11-13-19(14-12-18)31-22(32)15-16-30-21-10-8-7-9-20(21)28-24(30)23(31)25(33)29-27(5,6)17-26(2,3)4/h7-14,23H,15-17H2,1-6H3,(H,29,33). The molecule has 0 fully saturated rings. The number of hydrogen-bond donors (Lipinski definition) is 1. The van der Waals surface area contributed by atoms with Crippen molar-refractivity contribution in [3.8, 4) is 0 Å². The molecule has 1 aromatic heterocycles. The number of benzene rings is 2. The second-order valence-corrected chi connectivity index (χ2v) is 11.0. The number of amides is 2. The van der Waals surface area contributed by atoms with Gasteiger partial charge in [-0.3, -0.25) is 14.5 Å². The van der Waals surface area contributed by atoms with Crippen LogP contribution in [0.4, 0.5) is 5.69 Å². The number of carbonyl (C=O) groups is 2. The van der Waals surface area contributed by atoms with E-state index in [2.05, 4.69) is 26.1 Å². The molecule has 1 unspecified atom stereocenters. The molecule has 1 atom stereocenters. The average Bonchev–Trinajstić information content (AvgIpc) is 2.99. The molecule has 0 spiro atoms. The van der Waals surface area contributed by atoms with E-state index in [1.807, 2.05) is 73.9 Å². The highest BCUT2D eigenvalue weighted by molar-refractivity contribution is 6.02. The van der Waals surface area contributed by atoms with Crippen LogP contribution in [0, 0.1) is 12.3 Å². The molecular formula is C27H34N4O2. The number of para-hydroxylation sites is 2. The predicted molar refractivity (Wildman–Crippen MR) is 132 cm³/mol. The molecule has 6 heteroatoms. The molecule has 1 N–H and O–H groups in total. The third kappa shape index (κ3) is 4.80. The van der Waals surface area contributed by atoms with Gasteiger partial charge in [0, 0.05) is 24.2 Å². The Morgan fingerprint density at radius 3 is 2.39 bits per heavy atom. The quantitative estimate of drug-likeness (QED) is 0.602. The van der Waals surface area contributed by atoms with Gasteiger partial charge >= 0.3 is 0 Å². The first-order chi connectivity index (χ1) is 15.5. The minimum absolute atomic E-state index is 0.0415. The number of aromatic nitrogens is 2. The van der Waals surface area contributed by atoms with E-state index in [0.717, 1.165) is 23.0 Å². The van der Waals surface area contributed by atoms with Gasteiger partial charge in [0.05, 0.1) is 11.0 Å². The SMILES string of the molecule is Cc1ccc(N2C(=O)CCn3c(nc4ccccc43)C2C(=O)NC(C)(C)CC(C)(C)C)cc1. The summed E-state index contributed by atoms with van der Waals surface area (Å²) in [5.74, 6) is 0.311. The van der Waals surface area contributed by atoms with Crippen molar-refractivity contribution in [1.82, 2.24) is 14.9 Å². The fourth-order valence-corrected chi connectivity index (χ4v) is 5.13. The number of imidazole rings is 1. The lowest BCUT2D eigenvalue weighted by atomic mass is 9.81. The lowest BCUT2D eigenvalue weighted by molar-refractivity contribution is -0.127. The fraction of sp³-hybridized carbons (Fsp3) is 0.444. The monoisotopic (exact) mass is 446 g/mol. The summed E-state index contributed by atoms with van der Waals surface area (Å²) in [5.41, 5.74) is 3.18. The maximum absolute atomic E-state index is 13.9. The Bertz CT molecular complexity index is 1190. The lowest BCUT2D eigenvalue weighted by Gasteiger charge is -2.36. The topological polar surface area (TPSA) is 67.2 Å². The summed E-state index contributed by atoms with van der Waals surface area (Å²) in [6, 6.07) is 14.8. The molecule has 2 heterocycles. The molecule has 0 aliphatic carbocycles. The molecule has 1 aliphatic rings. The van der Waals surface area contributed by atoms with Gasteiger partial charge in [-0.15, -0.1) is 0 Å². The highest BCUT2D eigenvalue weighted by atomic mass is 16.2. The number of hydrogen-bond acceptors (Lipinski definition) is 3. The van der Waals surface area contributed by atoms with Crippen molar-refractivity contribution in [3.63, 3.8) is 0 Å². The first-order valence-corrected chi connectivity index (χ1v) is 11.6. The van der Waals surface area contributed by atoms with Gasteiger partial charge in [0.25, 0.3) is 5.91 Å². The van der Waals surface area contributed by atoms with Gasteiger partial charge in [0.2, 0.25) is 5.91 Å². The molecule has 3 aromatic rings. The minimum Gasteiger partial charge on any atom is -0.349 e. The largest absolute Gasteiger partial charge is 0.349 e. The van der Waals surface area contributed by atoms with Crippen molar-refractivity contribution in [2.75, 3.05) is 4.90 Å². The summed E-state index contributed by atoms with van der Waals surface area (Å²) in [5, 5.41) is 3.24. The van der Waals surface area contributed by atoms with Crippen LogP contribution in [0.2, 0.25) is 0 Å². The Hall–Kier alpha value is -3.15. The molecule has 0 saturated carbocycles. The zero-order chi connectivity index (χ0) is 24.0. The second-order valence-electron chi connectivity index (χ2n) is 11.0. The molecule has 2 aromatic carbocycles. The van der Waals surface area contributed by atoms with E-state index in [-0.39, 0.29) is 17.2 Å². The van der Waals surface area contributed by atoms with Crippen molar-refractivity contribution >= 4 is 28.5 Å². The Morgan fingerprint density at radius 2 is 1.73 bits per heavy atom. The average molecular weight is 447 g/mol. The van der Waals surface area contributed by atoms with Crippen LogP contribution in [-0.4, -0.2) is 26.9 Å². The molecule has 0 bridgehead atoms. The molecule has 0 saturated heterocycles. The Labute approximate surface area is 196 Å². The summed E-state index contributed by atoms with van der Waals surface area (Å²) in [4.78, 5) is 33.8. The third-order valence-corrected chi connectivity index (χ3v) is 6.00. The maximum Gasteiger partial charge on any atom is 0.251 e. The second kappa shape index (κ2) is 8.32. The van der Waals surface area contributed by atoms with Crippen LogP contribution in [0.3, 0.4) is 0 Å². The van der Waals surface area contributed by atoms with Crippen LogP contribution in [0.1, 0.15) is 64.9 Å². The predicted octanol–water partition coefficient (Wildman–Crippen LogP) is 5.15. The molecule has 6 nitrogen and oxygen atoms in total. The van der Waals surface area contributed by atoms with E-state index in [9.17, 15) is 9.59 Å². The lowest BCUT2D eigenvalue weighted by Crippen LogP contribution is -2.51. The van der Waals surface area contributed by atoms with Crippen molar-refractivity contribution in [2.24, 2.45) is 5.41 Å². The van der Waals surface area contributed by atoms with Crippen LogP contribution in [0.25, 0.3) is 11.0 Å². The van der Waals surface area contributed by atoms with E-state index in [1.54, 1.807) is 4.90 Å². The summed E-state index contributed by atoms with van der Waals surface area (Å²) >= 11 is 0. The van der Waals surface area contributed by atoms with Crippen molar-refractivity contribution < 1.29 is 9.59 Å². The van der Waals surface area contributed by atoms with Crippen molar-refractivity contribution in [3.05, 3.63) is 59.9 Å². The van der Waals surface area contributed by atoms with E-state index in [0.29, 0.717) is 24.5 Å². The van der Waals surface area contributed by atoms with Gasteiger partial charge in [-0.1, -0.05) is 50.6 Å². The van der Waals surface area contributed by atoms with Crippen molar-refractivity contribution in [2.45, 2.75) is 72.5 Å². The number of nitrogens with one attached hydrogen (secondary N) is 1. The summed E-state index contributed by atoms with van der Waals surface area (Å²) in [6.07, 6.45) is 1.10. The van der Waals surface area contributed by atoms with Gasteiger partial charge < -0.3 is 9.88 Å². The third-order valence-electron chi connectivity index (χ3n) is 6.00. The Kier molecular flexibility index (Phi) is 5.81.